The van der Waals surface area contributed by atoms with Crippen LogP contribution in [0, 0.1) is 5.92 Å². The molecule has 1 aliphatic heterocycles. The van der Waals surface area contributed by atoms with Crippen LogP contribution in [0.4, 0.5) is 0 Å². The van der Waals surface area contributed by atoms with Gasteiger partial charge in [-0.15, -0.1) is 0 Å². The molecule has 27 heavy (non-hydrogen) atoms. The summed E-state index contributed by atoms with van der Waals surface area (Å²) in [4.78, 5) is 4.53. The van der Waals surface area contributed by atoms with E-state index in [0.29, 0.717) is 17.2 Å². The molecule has 146 valence electrons. The molecule has 0 spiro atoms. The Morgan fingerprint density at radius 3 is 2.37 bits per heavy atom. The number of benzene rings is 1. The Hall–Kier alpha value is -2.31. The molecular weight excluding hydrogens is 342 g/mol. The standard InChI is InChI=1S/C21H29N3O3/c1-25-19-11-17(12-20(26-2)21(19)27-3)18-10-16(6-9-24-18)14-23-13-15-4-7-22-8-5-15/h6,9-12,15,22-23H,4-5,7-8,13-14H2,1-3H3. The van der Waals surface area contributed by atoms with Gasteiger partial charge in [0.15, 0.2) is 11.5 Å². The minimum absolute atomic E-state index is 0.587. The van der Waals surface area contributed by atoms with Crippen molar-refractivity contribution >= 4 is 0 Å². The van der Waals surface area contributed by atoms with Crippen LogP contribution in [0.2, 0.25) is 0 Å². The SMILES string of the molecule is COc1cc(-c2cc(CNCC3CCNCC3)ccn2)cc(OC)c1OC. The minimum Gasteiger partial charge on any atom is -0.493 e. The molecule has 1 saturated heterocycles. The van der Waals surface area contributed by atoms with Crippen LogP contribution in [-0.2, 0) is 6.54 Å². The fraction of sp³-hybridized carbons (Fsp3) is 0.476. The van der Waals surface area contributed by atoms with Gasteiger partial charge >= 0.3 is 0 Å². The van der Waals surface area contributed by atoms with Crippen molar-refractivity contribution in [3.8, 4) is 28.5 Å². The number of hydrogen-bond acceptors (Lipinski definition) is 6. The maximum absolute atomic E-state index is 5.45. The topological polar surface area (TPSA) is 64.6 Å². The lowest BCUT2D eigenvalue weighted by Gasteiger charge is -2.22. The molecule has 6 nitrogen and oxygen atoms in total. The average Bonchev–Trinajstić information content (AvgIpc) is 2.73. The molecule has 3 rings (SSSR count). The maximum Gasteiger partial charge on any atom is 0.203 e. The second-order valence-electron chi connectivity index (χ2n) is 6.79. The van der Waals surface area contributed by atoms with Gasteiger partial charge in [-0.25, -0.2) is 0 Å². The molecule has 0 aliphatic carbocycles. The maximum atomic E-state index is 5.45. The van der Waals surface area contributed by atoms with Crippen LogP contribution in [0.3, 0.4) is 0 Å². The Morgan fingerprint density at radius 2 is 1.74 bits per heavy atom. The summed E-state index contributed by atoms with van der Waals surface area (Å²) in [6.45, 7) is 4.16. The number of methoxy groups -OCH3 is 3. The third-order valence-electron chi connectivity index (χ3n) is 5.01. The van der Waals surface area contributed by atoms with Crippen molar-refractivity contribution in [2.45, 2.75) is 19.4 Å². The van der Waals surface area contributed by atoms with Gasteiger partial charge in [-0.1, -0.05) is 0 Å². The molecule has 0 unspecified atom stereocenters. The fourth-order valence-corrected chi connectivity index (χ4v) is 3.48. The highest BCUT2D eigenvalue weighted by molar-refractivity contribution is 5.69. The first-order valence-corrected chi connectivity index (χ1v) is 9.42. The molecule has 2 aromatic rings. The van der Waals surface area contributed by atoms with E-state index in [9.17, 15) is 0 Å². The molecule has 0 atom stereocenters. The number of ether oxygens (including phenoxy) is 3. The van der Waals surface area contributed by atoms with Crippen LogP contribution in [0.25, 0.3) is 11.3 Å². The van der Waals surface area contributed by atoms with E-state index in [4.69, 9.17) is 14.2 Å². The number of nitrogens with zero attached hydrogens (tertiary/aromatic N) is 1. The Bertz CT molecular complexity index is 720. The lowest BCUT2D eigenvalue weighted by molar-refractivity contribution is 0.324. The van der Waals surface area contributed by atoms with E-state index >= 15 is 0 Å². The molecular formula is C21H29N3O3. The summed E-state index contributed by atoms with van der Waals surface area (Å²) in [5, 5.41) is 7.00. The molecule has 1 aromatic heterocycles. The van der Waals surface area contributed by atoms with Gasteiger partial charge in [0.05, 0.1) is 27.0 Å². The van der Waals surface area contributed by atoms with Crippen molar-refractivity contribution in [2.24, 2.45) is 5.92 Å². The zero-order chi connectivity index (χ0) is 19.1. The van der Waals surface area contributed by atoms with Crippen molar-refractivity contribution in [3.63, 3.8) is 0 Å². The summed E-state index contributed by atoms with van der Waals surface area (Å²) in [6, 6.07) is 8.01. The summed E-state index contributed by atoms with van der Waals surface area (Å²) >= 11 is 0. The Morgan fingerprint density at radius 1 is 1.04 bits per heavy atom. The lowest BCUT2D eigenvalue weighted by Crippen LogP contribution is -2.33. The van der Waals surface area contributed by atoms with E-state index in [1.165, 1.54) is 18.4 Å². The number of nitrogens with one attached hydrogen (secondary N) is 2. The third-order valence-corrected chi connectivity index (χ3v) is 5.01. The summed E-state index contributed by atoms with van der Waals surface area (Å²) in [5.74, 6) is 2.61. The van der Waals surface area contributed by atoms with Gasteiger partial charge in [0.25, 0.3) is 0 Å². The molecule has 0 saturated carbocycles. The van der Waals surface area contributed by atoms with Crippen LogP contribution in [0.1, 0.15) is 18.4 Å². The first-order chi connectivity index (χ1) is 13.2. The van der Waals surface area contributed by atoms with Gasteiger partial charge in [0.1, 0.15) is 0 Å². The highest BCUT2D eigenvalue weighted by Gasteiger charge is 2.15. The quantitative estimate of drug-likeness (QED) is 0.744. The third kappa shape index (κ3) is 4.90. The molecule has 1 aliphatic rings. The highest BCUT2D eigenvalue weighted by Crippen LogP contribution is 2.40. The number of rotatable bonds is 8. The van der Waals surface area contributed by atoms with E-state index < -0.39 is 0 Å². The zero-order valence-corrected chi connectivity index (χ0v) is 16.4. The van der Waals surface area contributed by atoms with Gasteiger partial charge in [-0.2, -0.15) is 0 Å². The van der Waals surface area contributed by atoms with E-state index in [-0.39, 0.29) is 0 Å². The number of hydrogen-bond donors (Lipinski definition) is 2. The van der Waals surface area contributed by atoms with Crippen molar-refractivity contribution in [2.75, 3.05) is 41.0 Å². The molecule has 6 heteroatoms. The molecule has 2 N–H and O–H groups in total. The normalized spacial score (nSPS) is 14.8. The van der Waals surface area contributed by atoms with E-state index in [1.807, 2.05) is 18.3 Å². The highest BCUT2D eigenvalue weighted by atomic mass is 16.5. The van der Waals surface area contributed by atoms with Gasteiger partial charge in [0, 0.05) is 18.3 Å². The predicted octanol–water partition coefficient (Wildman–Crippen LogP) is 2.86. The van der Waals surface area contributed by atoms with Gasteiger partial charge in [-0.05, 0) is 68.2 Å². The van der Waals surface area contributed by atoms with Crippen molar-refractivity contribution in [3.05, 3.63) is 36.0 Å². The van der Waals surface area contributed by atoms with Crippen molar-refractivity contribution in [1.29, 1.82) is 0 Å². The largest absolute Gasteiger partial charge is 0.493 e. The first kappa shape index (κ1) is 19.5. The number of aromatic nitrogens is 1. The molecule has 1 aromatic carbocycles. The van der Waals surface area contributed by atoms with Crippen LogP contribution < -0.4 is 24.8 Å². The molecule has 1 fully saturated rings. The van der Waals surface area contributed by atoms with Crippen LogP contribution >= 0.6 is 0 Å². The van der Waals surface area contributed by atoms with E-state index in [0.717, 1.165) is 43.4 Å². The summed E-state index contributed by atoms with van der Waals surface area (Å²) in [5.41, 5.74) is 3.03. The summed E-state index contributed by atoms with van der Waals surface area (Å²) in [7, 11) is 4.85. The minimum atomic E-state index is 0.587. The number of pyridine rings is 1. The lowest BCUT2D eigenvalue weighted by atomic mass is 9.98. The Labute approximate surface area is 161 Å². The fourth-order valence-electron chi connectivity index (χ4n) is 3.48. The Balaban J connectivity index is 1.72. The smallest absolute Gasteiger partial charge is 0.203 e. The Kier molecular flexibility index (Phi) is 6.90. The first-order valence-electron chi connectivity index (χ1n) is 9.42. The molecule has 0 bridgehead atoms. The second-order valence-corrected chi connectivity index (χ2v) is 6.79. The van der Waals surface area contributed by atoms with Gasteiger partial charge in [0.2, 0.25) is 5.75 Å². The molecule has 2 heterocycles. The average molecular weight is 371 g/mol. The van der Waals surface area contributed by atoms with E-state index in [2.05, 4.69) is 27.8 Å². The predicted molar refractivity (Wildman–Crippen MR) is 107 cm³/mol. The zero-order valence-electron chi connectivity index (χ0n) is 16.4. The molecule has 0 amide bonds. The summed E-state index contributed by atoms with van der Waals surface area (Å²) in [6.07, 6.45) is 4.35. The second kappa shape index (κ2) is 9.58. The van der Waals surface area contributed by atoms with Crippen molar-refractivity contribution in [1.82, 2.24) is 15.6 Å². The monoisotopic (exact) mass is 371 g/mol. The van der Waals surface area contributed by atoms with Crippen LogP contribution in [-0.4, -0.2) is 45.9 Å². The summed E-state index contributed by atoms with van der Waals surface area (Å²) < 4.78 is 16.3. The van der Waals surface area contributed by atoms with Crippen molar-refractivity contribution < 1.29 is 14.2 Å². The molecule has 0 radical (unpaired) electrons. The number of piperidine rings is 1. The van der Waals surface area contributed by atoms with Crippen LogP contribution in [0.5, 0.6) is 17.2 Å². The van der Waals surface area contributed by atoms with E-state index in [1.54, 1.807) is 21.3 Å². The van der Waals surface area contributed by atoms with Crippen LogP contribution in [0.15, 0.2) is 30.5 Å². The van der Waals surface area contributed by atoms with Gasteiger partial charge < -0.3 is 24.8 Å². The van der Waals surface area contributed by atoms with Gasteiger partial charge in [-0.3, -0.25) is 4.98 Å².